The number of hydrogen-bond donors (Lipinski definition) is 1. The first-order valence-corrected chi connectivity index (χ1v) is 5.31. The molecule has 0 aliphatic heterocycles. The molecule has 0 saturated carbocycles. The first-order chi connectivity index (χ1) is 5.34. The van der Waals surface area contributed by atoms with Gasteiger partial charge in [-0.15, -0.1) is 0 Å². The smallest absolute Gasteiger partial charge is 0.242 e. The van der Waals surface area contributed by atoms with Gasteiger partial charge < -0.3 is 0 Å². The third kappa shape index (κ3) is 2.15. The highest BCUT2D eigenvalue weighted by Crippen LogP contribution is 1.87. The van der Waals surface area contributed by atoms with E-state index in [1.807, 2.05) is 36.9 Å². The Morgan fingerprint density at radius 3 is 2.55 bits per heavy atom. The van der Waals surface area contributed by atoms with Gasteiger partial charge in [0, 0.05) is 0 Å². The van der Waals surface area contributed by atoms with Crippen molar-refractivity contribution < 1.29 is 0 Å². The molecule has 1 N–H and O–H groups in total. The van der Waals surface area contributed by atoms with E-state index in [0.29, 0.717) is 0 Å². The van der Waals surface area contributed by atoms with Crippen LogP contribution in [0.3, 0.4) is 0 Å². The molecule has 0 unspecified atom stereocenters. The van der Waals surface area contributed by atoms with Crippen molar-refractivity contribution in [3.63, 3.8) is 0 Å². The second-order valence-electron chi connectivity index (χ2n) is 2.18. The van der Waals surface area contributed by atoms with E-state index in [2.05, 4.69) is 10.7 Å². The Morgan fingerprint density at radius 2 is 2.00 bits per heavy atom. The van der Waals surface area contributed by atoms with Crippen LogP contribution in [0.15, 0.2) is 35.0 Å². The maximum Gasteiger partial charge on any atom is 0.242 e. The molecule has 0 bridgehead atoms. The lowest BCUT2D eigenvalue weighted by Gasteiger charge is -1.98. The number of benzene rings is 1. The quantitative estimate of drug-likeness (QED) is 0.501. The monoisotopic (exact) mass is 161 g/mol. The molecular formula is C8H9N2Si. The summed E-state index contributed by atoms with van der Waals surface area (Å²) in [6.07, 6.45) is 0. The van der Waals surface area contributed by atoms with Crippen LogP contribution in [-0.2, 0) is 0 Å². The molecule has 0 atom stereocenters. The first-order valence-electron chi connectivity index (χ1n) is 3.36. The van der Waals surface area contributed by atoms with E-state index < -0.39 is 8.96 Å². The first kappa shape index (κ1) is 7.92. The zero-order chi connectivity index (χ0) is 8.10. The number of nitrogens with zero attached hydrogens (tertiary/aromatic N) is 1. The molecule has 1 aromatic carbocycles. The summed E-state index contributed by atoms with van der Waals surface area (Å²) in [7, 11) is -0.892. The lowest BCUT2D eigenvalue weighted by Crippen LogP contribution is -2.23. The Morgan fingerprint density at radius 1 is 1.36 bits per heavy atom. The lowest BCUT2D eigenvalue weighted by molar-refractivity contribution is 1.55. The van der Waals surface area contributed by atoms with Crippen molar-refractivity contribution in [1.82, 2.24) is 0 Å². The van der Waals surface area contributed by atoms with Gasteiger partial charge in [-0.25, -0.2) is 5.41 Å². The van der Waals surface area contributed by atoms with Gasteiger partial charge in [-0.1, -0.05) is 30.3 Å². The topological polar surface area (TPSA) is 36.2 Å². The second kappa shape index (κ2) is 3.86. The average molecular weight is 161 g/mol. The minimum Gasteiger partial charge on any atom is -0.262 e. The van der Waals surface area contributed by atoms with Gasteiger partial charge in [0.1, 0.15) is 0 Å². The fraction of sp³-hybridized carbons (Fsp3) is 0.125. The lowest BCUT2D eigenvalue weighted by atomic mass is 10.4. The summed E-state index contributed by atoms with van der Waals surface area (Å²) in [4.78, 5) is 0. The van der Waals surface area contributed by atoms with E-state index in [0.717, 1.165) is 0 Å². The predicted molar refractivity (Wildman–Crippen MR) is 47.8 cm³/mol. The van der Waals surface area contributed by atoms with Crippen LogP contribution in [0.2, 0.25) is 6.55 Å². The van der Waals surface area contributed by atoms with Gasteiger partial charge in [0.15, 0.2) is 0 Å². The van der Waals surface area contributed by atoms with Crippen molar-refractivity contribution in [3.05, 3.63) is 30.3 Å². The van der Waals surface area contributed by atoms with Crippen molar-refractivity contribution in [1.29, 1.82) is 5.41 Å². The van der Waals surface area contributed by atoms with Crippen LogP contribution in [0.25, 0.3) is 0 Å². The summed E-state index contributed by atoms with van der Waals surface area (Å²) in [5, 5.41) is 7.91. The second-order valence-corrected chi connectivity index (χ2v) is 4.15. The third-order valence-electron chi connectivity index (χ3n) is 1.42. The molecule has 0 heterocycles. The van der Waals surface area contributed by atoms with Crippen LogP contribution >= 0.6 is 0 Å². The summed E-state index contributed by atoms with van der Waals surface area (Å²) < 4.78 is 3.91. The molecule has 0 amide bonds. The molecule has 1 rings (SSSR count). The molecule has 0 aliphatic rings. The molecule has 0 spiro atoms. The van der Waals surface area contributed by atoms with Gasteiger partial charge >= 0.3 is 0 Å². The molecule has 3 heteroatoms. The van der Waals surface area contributed by atoms with Crippen LogP contribution in [0.5, 0.6) is 0 Å². The minimum atomic E-state index is -0.892. The molecule has 0 fully saturated rings. The zero-order valence-corrected chi connectivity index (χ0v) is 7.33. The van der Waals surface area contributed by atoms with E-state index in [1.54, 1.807) is 0 Å². The van der Waals surface area contributed by atoms with E-state index in [-0.39, 0.29) is 0 Å². The Kier molecular flexibility index (Phi) is 2.78. The zero-order valence-electron chi connectivity index (χ0n) is 6.33. The van der Waals surface area contributed by atoms with E-state index >= 15 is 0 Å². The normalized spacial score (nSPS) is 9.27. The fourth-order valence-corrected chi connectivity index (χ4v) is 1.80. The highest BCUT2D eigenvalue weighted by Gasteiger charge is 2.03. The molecular weight excluding hydrogens is 152 g/mol. The van der Waals surface area contributed by atoms with Gasteiger partial charge in [0.25, 0.3) is 0 Å². The van der Waals surface area contributed by atoms with Crippen LogP contribution in [0, 0.1) is 5.41 Å². The largest absolute Gasteiger partial charge is 0.262 e. The Labute approximate surface area is 67.8 Å². The van der Waals surface area contributed by atoms with E-state index in [9.17, 15) is 0 Å². The Bertz CT molecular complexity index is 265. The van der Waals surface area contributed by atoms with Gasteiger partial charge in [-0.2, -0.15) is 0 Å². The van der Waals surface area contributed by atoms with Crippen molar-refractivity contribution >= 4 is 20.2 Å². The molecule has 55 valence electrons. The highest BCUT2D eigenvalue weighted by molar-refractivity contribution is 6.70. The van der Waals surface area contributed by atoms with Gasteiger partial charge in [0.05, 0.1) is 6.01 Å². The highest BCUT2D eigenvalue weighted by atomic mass is 28.3. The molecule has 0 aliphatic carbocycles. The number of hydrogen-bond acceptors (Lipinski definition) is 2. The molecule has 0 aromatic heterocycles. The number of nitrogens with one attached hydrogen (secondary N) is 1. The van der Waals surface area contributed by atoms with Gasteiger partial charge in [0.2, 0.25) is 8.96 Å². The van der Waals surface area contributed by atoms with E-state index in [1.165, 1.54) is 5.19 Å². The summed E-state index contributed by atoms with van der Waals surface area (Å²) in [5.41, 5.74) is 0. The molecule has 2 nitrogen and oxygen atoms in total. The van der Waals surface area contributed by atoms with Crippen molar-refractivity contribution in [2.45, 2.75) is 6.55 Å². The van der Waals surface area contributed by atoms with Gasteiger partial charge in [-0.05, 0) is 11.7 Å². The van der Waals surface area contributed by atoms with Crippen molar-refractivity contribution in [2.24, 2.45) is 4.66 Å². The SMILES string of the molecule is C[Si](N=C=N)c1ccccc1. The van der Waals surface area contributed by atoms with Crippen LogP contribution in [0.1, 0.15) is 0 Å². The molecule has 1 radical (unpaired) electrons. The summed E-state index contributed by atoms with van der Waals surface area (Å²) in [6, 6.07) is 12.1. The van der Waals surface area contributed by atoms with Crippen molar-refractivity contribution in [2.75, 3.05) is 0 Å². The summed E-state index contributed by atoms with van der Waals surface area (Å²) in [6.45, 7) is 2.04. The maximum absolute atomic E-state index is 6.69. The van der Waals surface area contributed by atoms with Gasteiger partial charge in [-0.3, -0.25) is 4.66 Å². The average Bonchev–Trinajstić information content (AvgIpc) is 2.07. The maximum atomic E-state index is 6.69. The third-order valence-corrected chi connectivity index (χ3v) is 3.03. The summed E-state index contributed by atoms with van der Waals surface area (Å²) in [5.74, 6) is 0. The Balaban J connectivity index is 2.84. The van der Waals surface area contributed by atoms with Crippen molar-refractivity contribution in [3.8, 4) is 0 Å². The molecule has 11 heavy (non-hydrogen) atoms. The standard InChI is InChI=1S/C8H9N2Si/c1-11(10-7-9)8-5-3-2-4-6-8/h2-6,9H,1H3. The van der Waals surface area contributed by atoms with Crippen LogP contribution in [0.4, 0.5) is 0 Å². The minimum absolute atomic E-state index is 0.892. The summed E-state index contributed by atoms with van der Waals surface area (Å²) >= 11 is 0. The van der Waals surface area contributed by atoms with Crippen LogP contribution in [-0.4, -0.2) is 15.0 Å². The van der Waals surface area contributed by atoms with Crippen LogP contribution < -0.4 is 5.19 Å². The molecule has 0 saturated heterocycles. The fourth-order valence-electron chi connectivity index (χ4n) is 0.828. The predicted octanol–water partition coefficient (Wildman–Crippen LogP) is 1.27. The molecule has 1 aromatic rings. The number of rotatable bonds is 2. The Hall–Kier alpha value is -1.18. The van der Waals surface area contributed by atoms with E-state index in [4.69, 9.17) is 5.41 Å².